The monoisotopic (exact) mass is 469 g/mol. The summed E-state index contributed by atoms with van der Waals surface area (Å²) in [6, 6.07) is 16.1. The molecule has 0 radical (unpaired) electrons. The number of sulfone groups is 1. The van der Waals surface area contributed by atoms with Crippen molar-refractivity contribution in [1.82, 2.24) is 9.97 Å². The number of carbonyl (C=O) groups excluding carboxylic acids is 1. The number of carbonyl (C=O) groups is 1. The second kappa shape index (κ2) is 9.54. The average Bonchev–Trinajstić information content (AvgIpc) is 3.21. The summed E-state index contributed by atoms with van der Waals surface area (Å²) in [7, 11) is -3.47. The molecule has 164 valence electrons. The van der Waals surface area contributed by atoms with Crippen LogP contribution < -0.4 is 4.90 Å². The van der Waals surface area contributed by atoms with Crippen molar-refractivity contribution in [3.05, 3.63) is 84.4 Å². The Hall–Kier alpha value is -3.17. The molecule has 0 spiro atoms. The zero-order valence-electron chi connectivity index (χ0n) is 17.0. The molecule has 32 heavy (non-hydrogen) atoms. The molecule has 0 unspecified atom stereocenters. The van der Waals surface area contributed by atoms with Crippen LogP contribution in [0.4, 0.5) is 9.52 Å². The lowest BCUT2D eigenvalue weighted by Gasteiger charge is -2.20. The molecule has 2 aromatic heterocycles. The van der Waals surface area contributed by atoms with Crippen molar-refractivity contribution in [1.29, 1.82) is 0 Å². The Labute approximate surface area is 189 Å². The lowest BCUT2D eigenvalue weighted by atomic mass is 10.2. The molecule has 4 aromatic rings. The first-order valence-corrected chi connectivity index (χ1v) is 12.4. The van der Waals surface area contributed by atoms with Crippen LogP contribution in [0.1, 0.15) is 18.4 Å². The standard InChI is InChI=1S/C23H20FN3O3S2/c24-18-10-11-20-21(14-18)31-23(26-20)27(16-17-6-4-12-25-15-17)22(28)9-5-13-32(29,30)19-7-2-1-3-8-19/h1-4,6-8,10-12,14-15H,5,9,13,16H2. The molecule has 9 heteroatoms. The number of benzene rings is 2. The molecule has 2 aromatic carbocycles. The highest BCUT2D eigenvalue weighted by molar-refractivity contribution is 7.91. The van der Waals surface area contributed by atoms with E-state index in [1.807, 2.05) is 6.07 Å². The Kier molecular flexibility index (Phi) is 6.57. The van der Waals surface area contributed by atoms with Gasteiger partial charge in [0.15, 0.2) is 15.0 Å². The van der Waals surface area contributed by atoms with Crippen molar-refractivity contribution in [2.24, 2.45) is 0 Å². The van der Waals surface area contributed by atoms with Gasteiger partial charge in [0.1, 0.15) is 5.82 Å². The Balaban J connectivity index is 1.53. The van der Waals surface area contributed by atoms with Gasteiger partial charge >= 0.3 is 0 Å². The largest absolute Gasteiger partial charge is 0.284 e. The SMILES string of the molecule is O=C(CCCS(=O)(=O)c1ccccc1)N(Cc1cccnc1)c1nc2ccc(F)cc2s1. The number of rotatable bonds is 8. The van der Waals surface area contributed by atoms with E-state index < -0.39 is 9.84 Å². The summed E-state index contributed by atoms with van der Waals surface area (Å²) in [6.07, 6.45) is 3.52. The first kappa shape index (κ1) is 22.0. The lowest BCUT2D eigenvalue weighted by Crippen LogP contribution is -2.30. The summed E-state index contributed by atoms with van der Waals surface area (Å²) in [4.78, 5) is 23.5. The van der Waals surface area contributed by atoms with Gasteiger partial charge < -0.3 is 0 Å². The number of nitrogens with zero attached hydrogens (tertiary/aromatic N) is 3. The van der Waals surface area contributed by atoms with Crippen LogP contribution in [0.15, 0.2) is 78.0 Å². The van der Waals surface area contributed by atoms with Gasteiger partial charge in [-0.1, -0.05) is 35.6 Å². The van der Waals surface area contributed by atoms with Crippen molar-refractivity contribution in [3.63, 3.8) is 0 Å². The number of fused-ring (bicyclic) bond motifs is 1. The van der Waals surface area contributed by atoms with Crippen LogP contribution in [0.25, 0.3) is 10.2 Å². The number of thiazole rings is 1. The molecule has 0 bridgehead atoms. The predicted molar refractivity (Wildman–Crippen MR) is 123 cm³/mol. The Morgan fingerprint density at radius 3 is 2.62 bits per heavy atom. The van der Waals surface area contributed by atoms with E-state index in [0.717, 1.165) is 5.56 Å². The summed E-state index contributed by atoms with van der Waals surface area (Å²) >= 11 is 1.22. The third kappa shape index (κ3) is 5.17. The molecule has 0 atom stereocenters. The predicted octanol–water partition coefficient (Wildman–Crippen LogP) is 4.62. The maximum absolute atomic E-state index is 13.6. The third-order valence-electron chi connectivity index (χ3n) is 4.84. The van der Waals surface area contributed by atoms with Gasteiger partial charge in [-0.3, -0.25) is 14.7 Å². The van der Waals surface area contributed by atoms with Crippen LogP contribution in [0.2, 0.25) is 0 Å². The number of amides is 1. The Morgan fingerprint density at radius 2 is 1.88 bits per heavy atom. The number of anilines is 1. The van der Waals surface area contributed by atoms with Crippen molar-refractivity contribution in [2.75, 3.05) is 10.7 Å². The Morgan fingerprint density at radius 1 is 1.06 bits per heavy atom. The normalized spacial score (nSPS) is 11.5. The highest BCUT2D eigenvalue weighted by atomic mass is 32.2. The summed E-state index contributed by atoms with van der Waals surface area (Å²) in [5.41, 5.74) is 1.41. The first-order chi connectivity index (χ1) is 15.4. The molecule has 0 fully saturated rings. The fourth-order valence-corrected chi connectivity index (χ4v) is 5.57. The van der Waals surface area contributed by atoms with Crippen LogP contribution in [0.3, 0.4) is 0 Å². The molecule has 0 aliphatic heterocycles. The highest BCUT2D eigenvalue weighted by Crippen LogP contribution is 2.31. The zero-order valence-corrected chi connectivity index (χ0v) is 18.7. The van der Waals surface area contributed by atoms with E-state index in [1.165, 1.54) is 28.4 Å². The second-order valence-corrected chi connectivity index (χ2v) is 10.3. The highest BCUT2D eigenvalue weighted by Gasteiger charge is 2.22. The maximum atomic E-state index is 13.6. The molecule has 4 rings (SSSR count). The minimum Gasteiger partial charge on any atom is -0.284 e. The van der Waals surface area contributed by atoms with E-state index >= 15 is 0 Å². The molecule has 2 heterocycles. The number of halogens is 1. The van der Waals surface area contributed by atoms with E-state index in [0.29, 0.717) is 15.3 Å². The van der Waals surface area contributed by atoms with Gasteiger partial charge in [-0.15, -0.1) is 0 Å². The van der Waals surface area contributed by atoms with E-state index in [1.54, 1.807) is 54.9 Å². The molecule has 0 aliphatic rings. The maximum Gasteiger partial charge on any atom is 0.229 e. The van der Waals surface area contributed by atoms with Gasteiger partial charge in [0.05, 0.1) is 27.4 Å². The lowest BCUT2D eigenvalue weighted by molar-refractivity contribution is -0.118. The van der Waals surface area contributed by atoms with Crippen LogP contribution in [-0.2, 0) is 21.2 Å². The van der Waals surface area contributed by atoms with Gasteiger partial charge in [-0.25, -0.2) is 17.8 Å². The van der Waals surface area contributed by atoms with E-state index in [4.69, 9.17) is 0 Å². The summed E-state index contributed by atoms with van der Waals surface area (Å²) < 4.78 is 39.3. The van der Waals surface area contributed by atoms with Crippen molar-refractivity contribution < 1.29 is 17.6 Å². The van der Waals surface area contributed by atoms with Crippen molar-refractivity contribution in [3.8, 4) is 0 Å². The summed E-state index contributed by atoms with van der Waals surface area (Å²) in [5, 5.41) is 0.436. The molecular weight excluding hydrogens is 449 g/mol. The van der Waals surface area contributed by atoms with Crippen LogP contribution >= 0.6 is 11.3 Å². The van der Waals surface area contributed by atoms with Gasteiger partial charge in [-0.2, -0.15) is 0 Å². The fraction of sp³-hybridized carbons (Fsp3) is 0.174. The topological polar surface area (TPSA) is 80.2 Å². The number of pyridine rings is 1. The first-order valence-electron chi connectivity index (χ1n) is 9.95. The summed E-state index contributed by atoms with van der Waals surface area (Å²) in [5.74, 6) is -0.755. The van der Waals surface area contributed by atoms with Crippen molar-refractivity contribution >= 4 is 42.4 Å². The number of hydrogen-bond donors (Lipinski definition) is 0. The Bertz CT molecular complexity index is 1330. The molecule has 0 N–H and O–H groups in total. The quantitative estimate of drug-likeness (QED) is 0.376. The van der Waals surface area contributed by atoms with E-state index in [2.05, 4.69) is 9.97 Å². The third-order valence-corrected chi connectivity index (χ3v) is 7.70. The molecule has 0 saturated carbocycles. The van der Waals surface area contributed by atoms with E-state index in [-0.39, 0.29) is 41.8 Å². The molecule has 0 aliphatic carbocycles. The van der Waals surface area contributed by atoms with E-state index in [9.17, 15) is 17.6 Å². The van der Waals surface area contributed by atoms with Crippen molar-refractivity contribution in [2.45, 2.75) is 24.3 Å². The second-order valence-electron chi connectivity index (χ2n) is 7.19. The van der Waals surface area contributed by atoms with Gasteiger partial charge in [0.2, 0.25) is 5.91 Å². The van der Waals surface area contributed by atoms with Gasteiger partial charge in [0.25, 0.3) is 0 Å². The van der Waals surface area contributed by atoms with Crippen LogP contribution in [0, 0.1) is 5.82 Å². The molecule has 6 nitrogen and oxygen atoms in total. The summed E-state index contributed by atoms with van der Waals surface area (Å²) in [6.45, 7) is 0.237. The number of hydrogen-bond acceptors (Lipinski definition) is 6. The smallest absolute Gasteiger partial charge is 0.229 e. The minimum atomic E-state index is -3.47. The average molecular weight is 470 g/mol. The van der Waals surface area contributed by atoms with Crippen LogP contribution in [0.5, 0.6) is 0 Å². The number of aromatic nitrogens is 2. The molecule has 1 amide bonds. The minimum absolute atomic E-state index is 0.0383. The zero-order chi connectivity index (χ0) is 22.6. The van der Waals surface area contributed by atoms with Gasteiger partial charge in [-0.05, 0) is 48.4 Å². The molecule has 0 saturated heterocycles. The van der Waals surface area contributed by atoms with Crippen LogP contribution in [-0.4, -0.2) is 30.0 Å². The molecular formula is C23H20FN3O3S2. The fourth-order valence-electron chi connectivity index (χ4n) is 3.23. The van der Waals surface area contributed by atoms with Gasteiger partial charge in [0, 0.05) is 18.8 Å².